The first-order chi connectivity index (χ1) is 14.7. The highest BCUT2D eigenvalue weighted by Gasteiger charge is 2.52. The molecule has 0 fully saturated rings. The van der Waals surface area contributed by atoms with Crippen LogP contribution in [-0.2, 0) is 45.1 Å². The minimum absolute atomic E-state index is 0.0216. The zero-order valence-electron chi connectivity index (χ0n) is 17.7. The van der Waals surface area contributed by atoms with Gasteiger partial charge >= 0.3 is 0 Å². The highest BCUT2D eigenvalue weighted by Crippen LogP contribution is 2.44. The number of anilines is 1. The van der Waals surface area contributed by atoms with Crippen LogP contribution in [0.4, 0.5) is 5.69 Å². The lowest BCUT2D eigenvalue weighted by Gasteiger charge is -2.29. The second kappa shape index (κ2) is 7.04. The zero-order chi connectivity index (χ0) is 22.0. The van der Waals surface area contributed by atoms with E-state index in [2.05, 4.69) is 16.5 Å². The van der Waals surface area contributed by atoms with Gasteiger partial charge in [-0.1, -0.05) is 6.07 Å². The number of nitrogens with two attached hydrogens (primary N) is 1. The molecule has 1 aromatic carbocycles. The van der Waals surface area contributed by atoms with Crippen LogP contribution in [0.1, 0.15) is 48.1 Å². The van der Waals surface area contributed by atoms with Gasteiger partial charge in [-0.2, -0.15) is 5.10 Å². The number of carbonyl (C=O) groups is 1. The maximum Gasteiger partial charge on any atom is 0.253 e. The molecule has 1 amide bonds. The minimum Gasteiger partial charge on any atom is -0.465 e. The summed E-state index contributed by atoms with van der Waals surface area (Å²) < 4.78 is 32.7. The van der Waals surface area contributed by atoms with Gasteiger partial charge in [0.2, 0.25) is 5.88 Å². The van der Waals surface area contributed by atoms with E-state index in [0.29, 0.717) is 0 Å². The van der Waals surface area contributed by atoms with Crippen LogP contribution in [0.15, 0.2) is 17.2 Å². The molecule has 2 aromatic rings. The molecule has 0 bridgehead atoms. The Morgan fingerprint density at radius 1 is 1.35 bits per heavy atom. The first-order valence-electron chi connectivity index (χ1n) is 10.5. The van der Waals surface area contributed by atoms with E-state index in [1.54, 1.807) is 6.92 Å². The Labute approximate surface area is 181 Å². The Hall–Kier alpha value is -2.43. The van der Waals surface area contributed by atoms with Gasteiger partial charge in [0.25, 0.3) is 5.91 Å². The Morgan fingerprint density at radius 2 is 2.00 bits per heavy atom. The van der Waals surface area contributed by atoms with Crippen LogP contribution in [0.2, 0.25) is 0 Å². The molecule has 5 rings (SSSR count). The van der Waals surface area contributed by atoms with E-state index in [1.807, 2.05) is 0 Å². The van der Waals surface area contributed by atoms with Crippen molar-refractivity contribution in [3.8, 4) is 5.88 Å². The predicted molar refractivity (Wildman–Crippen MR) is 115 cm³/mol. The molecule has 10 heteroatoms. The number of aryl methyl sites for hydroxylation is 2. The van der Waals surface area contributed by atoms with Gasteiger partial charge in [0.05, 0.1) is 12.8 Å². The van der Waals surface area contributed by atoms with E-state index < -0.39 is 21.6 Å². The third-order valence-corrected chi connectivity index (χ3v) is 7.53. The van der Waals surface area contributed by atoms with Crippen molar-refractivity contribution in [2.24, 2.45) is 5.14 Å². The highest BCUT2D eigenvalue weighted by molar-refractivity contribution is 7.90. The lowest BCUT2D eigenvalue weighted by atomic mass is 9.95. The Bertz CT molecular complexity index is 1160. The van der Waals surface area contributed by atoms with Crippen LogP contribution >= 0.6 is 0 Å². The number of fused-ring (bicyclic) bond motifs is 3. The number of benzene rings is 1. The molecule has 166 valence electrons. The molecular weight excluding hydrogens is 418 g/mol. The van der Waals surface area contributed by atoms with E-state index in [-0.39, 0.29) is 23.3 Å². The molecule has 0 radical (unpaired) electrons. The molecule has 2 aliphatic carbocycles. The summed E-state index contributed by atoms with van der Waals surface area (Å²) in [7, 11) is -2.03. The highest BCUT2D eigenvalue weighted by atomic mass is 32.2. The van der Waals surface area contributed by atoms with Crippen LogP contribution in [0.25, 0.3) is 0 Å². The molecule has 3 atom stereocenters. The lowest BCUT2D eigenvalue weighted by Crippen LogP contribution is -2.46. The minimum atomic E-state index is -3.55. The fraction of sp³-hybridized carbons (Fsp3) is 0.524. The normalized spacial score (nSPS) is 25.5. The van der Waals surface area contributed by atoms with Crippen LogP contribution in [0.5, 0.6) is 5.88 Å². The molecule has 4 N–H and O–H groups in total. The van der Waals surface area contributed by atoms with E-state index in [0.717, 1.165) is 44.2 Å². The number of carbonyl (C=O) groups excluding carboxylic acids is 1. The van der Waals surface area contributed by atoms with Crippen molar-refractivity contribution in [2.75, 3.05) is 19.0 Å². The molecule has 3 unspecified atom stereocenters. The summed E-state index contributed by atoms with van der Waals surface area (Å²) >= 11 is 0. The van der Waals surface area contributed by atoms with Crippen LogP contribution in [-0.4, -0.2) is 39.2 Å². The van der Waals surface area contributed by atoms with E-state index in [4.69, 9.17) is 19.4 Å². The second-order valence-corrected chi connectivity index (χ2v) is 10.5. The van der Waals surface area contributed by atoms with Crippen LogP contribution < -0.4 is 15.2 Å². The van der Waals surface area contributed by atoms with Crippen molar-refractivity contribution in [1.29, 1.82) is 4.78 Å². The number of hydrogen-bond donors (Lipinski definition) is 3. The molecule has 0 saturated carbocycles. The van der Waals surface area contributed by atoms with Crippen LogP contribution in [0, 0.1) is 4.78 Å². The summed E-state index contributed by atoms with van der Waals surface area (Å²) in [4.78, 5) is 13.6. The SMILES string of the molecule is COCC1(C)Oc2c(S(=N)(N)=O)cnn2C1C(=O)Nc1c2c(cc3c1CCC3)CCC2. The molecule has 0 saturated heterocycles. The smallest absolute Gasteiger partial charge is 0.253 e. The molecule has 0 spiro atoms. The van der Waals surface area contributed by atoms with Gasteiger partial charge in [-0.25, -0.2) is 18.8 Å². The monoisotopic (exact) mass is 445 g/mol. The number of nitrogens with zero attached hydrogens (tertiary/aromatic N) is 2. The first kappa shape index (κ1) is 20.5. The fourth-order valence-electron chi connectivity index (χ4n) is 5.30. The van der Waals surface area contributed by atoms with Crippen molar-refractivity contribution in [3.05, 3.63) is 34.5 Å². The maximum atomic E-state index is 13.7. The van der Waals surface area contributed by atoms with Gasteiger partial charge in [-0.05, 0) is 67.7 Å². The van der Waals surface area contributed by atoms with Crippen molar-refractivity contribution in [1.82, 2.24) is 9.78 Å². The Kier molecular flexibility index (Phi) is 4.65. The summed E-state index contributed by atoms with van der Waals surface area (Å²) in [5, 5.41) is 13.0. The van der Waals surface area contributed by atoms with Gasteiger partial charge in [0.1, 0.15) is 14.8 Å². The number of aromatic nitrogens is 2. The first-order valence-corrected chi connectivity index (χ1v) is 12.1. The van der Waals surface area contributed by atoms with Gasteiger partial charge in [-0.3, -0.25) is 4.79 Å². The Balaban J connectivity index is 1.56. The van der Waals surface area contributed by atoms with E-state index in [1.165, 1.54) is 40.2 Å². The van der Waals surface area contributed by atoms with Gasteiger partial charge in [-0.15, -0.1) is 0 Å². The largest absolute Gasteiger partial charge is 0.465 e. The number of ether oxygens (including phenoxy) is 2. The maximum absolute atomic E-state index is 13.7. The third kappa shape index (κ3) is 3.16. The standard InChI is InChI=1S/C21H27N5O4S/c1-21(11-29-2)18(26-20(30-21)16(10-24-26)31(22,23)28)19(27)25-17-14-7-3-5-12(14)9-13-6-4-8-15(13)17/h9-10,18H,3-8,11H2,1-2H3,(H,25,27)(H3,22,23,28). The van der Waals surface area contributed by atoms with Crippen molar-refractivity contribution in [3.63, 3.8) is 0 Å². The zero-order valence-corrected chi connectivity index (χ0v) is 18.5. The summed E-state index contributed by atoms with van der Waals surface area (Å²) in [6, 6.07) is 1.46. The number of methoxy groups -OCH3 is 1. The van der Waals surface area contributed by atoms with Gasteiger partial charge in [0, 0.05) is 12.8 Å². The summed E-state index contributed by atoms with van der Waals surface area (Å²) in [5.41, 5.74) is 4.99. The third-order valence-electron chi connectivity index (χ3n) is 6.60. The molecular formula is C21H27N5O4S. The predicted octanol–water partition coefficient (Wildman–Crippen LogP) is 2.12. The lowest BCUT2D eigenvalue weighted by molar-refractivity contribution is -0.124. The second-order valence-electron chi connectivity index (χ2n) is 8.83. The molecule has 2 heterocycles. The van der Waals surface area contributed by atoms with Crippen molar-refractivity contribution < 1.29 is 18.5 Å². The molecule has 31 heavy (non-hydrogen) atoms. The summed E-state index contributed by atoms with van der Waals surface area (Å²) in [6.45, 7) is 1.87. The molecule has 1 aliphatic heterocycles. The Morgan fingerprint density at radius 3 is 2.58 bits per heavy atom. The van der Waals surface area contributed by atoms with E-state index >= 15 is 0 Å². The molecule has 1 aromatic heterocycles. The van der Waals surface area contributed by atoms with Gasteiger partial charge in [0.15, 0.2) is 11.6 Å². The molecule has 9 nitrogen and oxygen atoms in total. The molecule has 3 aliphatic rings. The van der Waals surface area contributed by atoms with Crippen molar-refractivity contribution in [2.45, 2.75) is 62.0 Å². The summed E-state index contributed by atoms with van der Waals surface area (Å²) in [6.07, 6.45) is 7.43. The quantitative estimate of drug-likeness (QED) is 0.648. The number of hydrogen-bond acceptors (Lipinski definition) is 6. The van der Waals surface area contributed by atoms with Crippen molar-refractivity contribution >= 4 is 21.5 Å². The average Bonchev–Trinajstić information content (AvgIpc) is 3.43. The van der Waals surface area contributed by atoms with Crippen LogP contribution in [0.3, 0.4) is 0 Å². The average molecular weight is 446 g/mol. The number of amides is 1. The number of rotatable bonds is 5. The summed E-state index contributed by atoms with van der Waals surface area (Å²) in [5.74, 6) is -0.179. The number of nitrogens with one attached hydrogen (secondary N) is 2. The fourth-order valence-corrected chi connectivity index (χ4v) is 5.90. The topological polar surface area (TPSA) is 132 Å². The van der Waals surface area contributed by atoms with Gasteiger partial charge < -0.3 is 14.8 Å². The van der Waals surface area contributed by atoms with E-state index in [9.17, 15) is 9.00 Å².